The summed E-state index contributed by atoms with van der Waals surface area (Å²) in [4.78, 5) is 17.7. The van der Waals surface area contributed by atoms with Crippen LogP contribution < -0.4 is 11.1 Å². The average molecular weight is 390 g/mol. The van der Waals surface area contributed by atoms with Crippen LogP contribution in [0.25, 0.3) is 10.9 Å². The molecule has 6 heteroatoms. The van der Waals surface area contributed by atoms with Gasteiger partial charge in [0.2, 0.25) is 5.91 Å². The molecule has 0 aliphatic rings. The Bertz CT molecular complexity index is 833. The molecule has 1 atom stereocenters. The largest absolute Gasteiger partial charge is 0.330 e. The van der Waals surface area contributed by atoms with Gasteiger partial charge in [0, 0.05) is 41.0 Å². The molecule has 3 aromatic rings. The molecule has 3 rings (SSSR count). The number of benzene rings is 1. The number of thiophene rings is 1. The number of pyridine rings is 1. The Morgan fingerprint density at radius 1 is 1.30 bits per heavy atom. The van der Waals surface area contributed by atoms with Crippen molar-refractivity contribution in [2.45, 2.75) is 12.3 Å². The van der Waals surface area contributed by atoms with Crippen LogP contribution in [0, 0.1) is 0 Å². The zero-order valence-corrected chi connectivity index (χ0v) is 14.7. The van der Waals surface area contributed by atoms with Crippen LogP contribution in [-0.4, -0.2) is 17.4 Å². The van der Waals surface area contributed by atoms with Crippen LogP contribution in [0.1, 0.15) is 17.2 Å². The minimum absolute atomic E-state index is 0.0323. The Balaban J connectivity index is 1.69. The van der Waals surface area contributed by atoms with E-state index in [0.29, 0.717) is 13.0 Å². The SMILES string of the molecule is NCC(CC(=O)Nc1ccc2cccnc2c1)c1ccc(Br)s1. The third kappa shape index (κ3) is 3.96. The number of carbonyl (C=O) groups excluding carboxylic acids is 1. The maximum atomic E-state index is 12.3. The highest BCUT2D eigenvalue weighted by Gasteiger charge is 2.16. The number of halogens is 1. The molecule has 118 valence electrons. The van der Waals surface area contributed by atoms with Gasteiger partial charge in [-0.2, -0.15) is 0 Å². The van der Waals surface area contributed by atoms with Crippen molar-refractivity contribution in [1.82, 2.24) is 4.98 Å². The molecule has 1 aromatic carbocycles. The van der Waals surface area contributed by atoms with Gasteiger partial charge in [-0.3, -0.25) is 9.78 Å². The molecule has 2 heterocycles. The molecule has 0 radical (unpaired) electrons. The summed E-state index contributed by atoms with van der Waals surface area (Å²) < 4.78 is 1.05. The van der Waals surface area contributed by atoms with Crippen molar-refractivity contribution in [3.05, 3.63) is 57.3 Å². The first kappa shape index (κ1) is 16.1. The molecule has 3 N–H and O–H groups in total. The Morgan fingerprint density at radius 2 is 2.17 bits per heavy atom. The molecule has 0 fully saturated rings. The summed E-state index contributed by atoms with van der Waals surface area (Å²) in [5, 5.41) is 3.98. The molecule has 1 amide bonds. The standard InChI is InChI=1S/C17H16BrN3OS/c18-16-6-5-15(23-16)12(10-19)8-17(22)21-13-4-3-11-2-1-7-20-14(11)9-13/h1-7,9,12H,8,10,19H2,(H,21,22). The lowest BCUT2D eigenvalue weighted by molar-refractivity contribution is -0.116. The van der Waals surface area contributed by atoms with E-state index in [9.17, 15) is 4.79 Å². The van der Waals surface area contributed by atoms with E-state index in [2.05, 4.69) is 26.2 Å². The molecular weight excluding hydrogens is 374 g/mol. The topological polar surface area (TPSA) is 68.0 Å². The van der Waals surface area contributed by atoms with Crippen molar-refractivity contribution in [2.75, 3.05) is 11.9 Å². The predicted molar refractivity (Wildman–Crippen MR) is 98.8 cm³/mol. The lowest BCUT2D eigenvalue weighted by atomic mass is 10.0. The van der Waals surface area contributed by atoms with E-state index in [0.717, 1.165) is 25.3 Å². The fraction of sp³-hybridized carbons (Fsp3) is 0.176. The highest BCUT2D eigenvalue weighted by Crippen LogP contribution is 2.30. The van der Waals surface area contributed by atoms with E-state index in [-0.39, 0.29) is 11.8 Å². The molecule has 0 bridgehead atoms. The number of nitrogens with zero attached hydrogens (tertiary/aromatic N) is 1. The smallest absolute Gasteiger partial charge is 0.225 e. The van der Waals surface area contributed by atoms with E-state index in [1.165, 1.54) is 0 Å². The van der Waals surface area contributed by atoms with Gasteiger partial charge in [0.15, 0.2) is 0 Å². The fourth-order valence-corrected chi connectivity index (χ4v) is 3.96. The average Bonchev–Trinajstić information content (AvgIpc) is 2.99. The molecule has 0 saturated carbocycles. The maximum Gasteiger partial charge on any atom is 0.225 e. The highest BCUT2D eigenvalue weighted by molar-refractivity contribution is 9.11. The second-order valence-electron chi connectivity index (χ2n) is 5.24. The molecule has 1 unspecified atom stereocenters. The van der Waals surface area contributed by atoms with E-state index in [4.69, 9.17) is 5.73 Å². The summed E-state index contributed by atoms with van der Waals surface area (Å²) in [6.45, 7) is 0.444. The van der Waals surface area contributed by atoms with Gasteiger partial charge in [-0.25, -0.2) is 0 Å². The van der Waals surface area contributed by atoms with Crippen LogP contribution in [-0.2, 0) is 4.79 Å². The summed E-state index contributed by atoms with van der Waals surface area (Å²) in [6.07, 6.45) is 2.11. The second kappa shape index (κ2) is 7.21. The van der Waals surface area contributed by atoms with Gasteiger partial charge < -0.3 is 11.1 Å². The minimum atomic E-state index is -0.0414. The Hall–Kier alpha value is -1.76. The number of hydrogen-bond donors (Lipinski definition) is 2. The normalized spacial score (nSPS) is 12.3. The number of amides is 1. The molecule has 23 heavy (non-hydrogen) atoms. The van der Waals surface area contributed by atoms with Crippen molar-refractivity contribution in [3.8, 4) is 0 Å². The first-order valence-electron chi connectivity index (χ1n) is 7.25. The fourth-order valence-electron chi connectivity index (χ4n) is 2.43. The number of nitrogens with one attached hydrogen (secondary N) is 1. The molecular formula is C17H16BrN3OS. The molecule has 0 saturated heterocycles. The maximum absolute atomic E-state index is 12.3. The van der Waals surface area contributed by atoms with Gasteiger partial charge in [-0.1, -0.05) is 12.1 Å². The summed E-state index contributed by atoms with van der Waals surface area (Å²) in [5.41, 5.74) is 7.45. The van der Waals surface area contributed by atoms with Crippen LogP contribution in [0.4, 0.5) is 5.69 Å². The predicted octanol–water partition coefficient (Wildman–Crippen LogP) is 4.13. The van der Waals surface area contributed by atoms with Crippen molar-refractivity contribution in [3.63, 3.8) is 0 Å². The van der Waals surface area contributed by atoms with Gasteiger partial charge in [-0.15, -0.1) is 11.3 Å². The van der Waals surface area contributed by atoms with E-state index in [1.807, 2.05) is 42.5 Å². The van der Waals surface area contributed by atoms with Crippen LogP contribution in [0.2, 0.25) is 0 Å². The van der Waals surface area contributed by atoms with Gasteiger partial charge in [0.25, 0.3) is 0 Å². The van der Waals surface area contributed by atoms with Crippen molar-refractivity contribution in [1.29, 1.82) is 0 Å². The summed E-state index contributed by atoms with van der Waals surface area (Å²) in [6, 6.07) is 13.6. The highest BCUT2D eigenvalue weighted by atomic mass is 79.9. The van der Waals surface area contributed by atoms with E-state index in [1.54, 1.807) is 17.5 Å². The number of fused-ring (bicyclic) bond motifs is 1. The van der Waals surface area contributed by atoms with Crippen molar-refractivity contribution >= 4 is 49.8 Å². The first-order chi connectivity index (χ1) is 11.2. The van der Waals surface area contributed by atoms with E-state index < -0.39 is 0 Å². The Labute approximate surface area is 146 Å². The summed E-state index contributed by atoms with van der Waals surface area (Å²) in [7, 11) is 0. The van der Waals surface area contributed by atoms with Gasteiger partial charge in [0.05, 0.1) is 9.30 Å². The lowest BCUT2D eigenvalue weighted by Crippen LogP contribution is -2.20. The quantitative estimate of drug-likeness (QED) is 0.688. The third-order valence-electron chi connectivity index (χ3n) is 3.60. The van der Waals surface area contributed by atoms with Crippen molar-refractivity contribution < 1.29 is 4.79 Å². The van der Waals surface area contributed by atoms with E-state index >= 15 is 0 Å². The van der Waals surface area contributed by atoms with Crippen LogP contribution in [0.15, 0.2) is 52.4 Å². The number of hydrogen-bond acceptors (Lipinski definition) is 4. The van der Waals surface area contributed by atoms with Crippen LogP contribution in [0.3, 0.4) is 0 Å². The Morgan fingerprint density at radius 3 is 2.91 bits per heavy atom. The van der Waals surface area contributed by atoms with Crippen LogP contribution >= 0.6 is 27.3 Å². The first-order valence-corrected chi connectivity index (χ1v) is 8.86. The number of aromatic nitrogens is 1. The van der Waals surface area contributed by atoms with Gasteiger partial charge in [-0.05, 0) is 46.3 Å². The number of anilines is 1. The monoisotopic (exact) mass is 389 g/mol. The molecule has 0 aliphatic carbocycles. The zero-order chi connectivity index (χ0) is 16.2. The second-order valence-corrected chi connectivity index (χ2v) is 7.73. The molecule has 2 aromatic heterocycles. The van der Waals surface area contributed by atoms with Gasteiger partial charge in [0.1, 0.15) is 0 Å². The number of nitrogens with two attached hydrogens (primary N) is 1. The summed E-state index contributed by atoms with van der Waals surface area (Å²) in [5.74, 6) is -0.00913. The molecule has 0 spiro atoms. The third-order valence-corrected chi connectivity index (χ3v) is 5.39. The lowest BCUT2D eigenvalue weighted by Gasteiger charge is -2.13. The number of rotatable bonds is 5. The van der Waals surface area contributed by atoms with Crippen LogP contribution in [0.5, 0.6) is 0 Å². The summed E-state index contributed by atoms with van der Waals surface area (Å²) >= 11 is 5.06. The molecule has 4 nitrogen and oxygen atoms in total. The molecule has 0 aliphatic heterocycles. The zero-order valence-electron chi connectivity index (χ0n) is 12.3. The van der Waals surface area contributed by atoms with Gasteiger partial charge >= 0.3 is 0 Å². The van der Waals surface area contributed by atoms with Crippen molar-refractivity contribution in [2.24, 2.45) is 5.73 Å². The Kier molecular flexibility index (Phi) is 5.05. The minimum Gasteiger partial charge on any atom is -0.330 e. The number of carbonyl (C=O) groups is 1.